The van der Waals surface area contributed by atoms with Gasteiger partial charge in [-0.3, -0.25) is 4.79 Å². The van der Waals surface area contributed by atoms with Gasteiger partial charge in [0, 0.05) is 26.1 Å². The van der Waals surface area contributed by atoms with E-state index in [1.807, 2.05) is 24.9 Å². The topological polar surface area (TPSA) is 46.3 Å². The lowest BCUT2D eigenvalue weighted by atomic mass is 10.1. The number of nitrogens with two attached hydrogens (primary N) is 1. The van der Waals surface area contributed by atoms with Crippen molar-refractivity contribution in [1.29, 1.82) is 0 Å². The van der Waals surface area contributed by atoms with Crippen LogP contribution in [0.1, 0.15) is 45.4 Å². The molecule has 1 atom stereocenters. The molecule has 0 aromatic carbocycles. The minimum absolute atomic E-state index is 0. The molecule has 0 fully saturated rings. The summed E-state index contributed by atoms with van der Waals surface area (Å²) in [7, 11) is 1.87. The average Bonchev–Trinajstić information content (AvgIpc) is 2.25. The highest BCUT2D eigenvalue weighted by molar-refractivity contribution is 5.85. The maximum atomic E-state index is 11.6. The fourth-order valence-corrected chi connectivity index (χ4v) is 1.48. The van der Waals surface area contributed by atoms with E-state index in [0.29, 0.717) is 6.42 Å². The molecule has 0 aliphatic heterocycles. The Morgan fingerprint density at radius 3 is 2.59 bits per heavy atom. The number of hydrogen-bond acceptors (Lipinski definition) is 2. The molecule has 0 radical (unpaired) electrons. The first-order chi connectivity index (χ1) is 7.57. The standard InChI is InChI=1S/C13H26N2O.ClH/c1-4-5-6-7-8-11-15(3)13(16)10-9-12(2)14;/h4,12H,1,5-11,14H2,2-3H3;1H. The second-order valence-electron chi connectivity index (χ2n) is 4.47. The number of rotatable bonds is 9. The van der Waals surface area contributed by atoms with E-state index in [2.05, 4.69) is 6.58 Å². The molecule has 0 heterocycles. The summed E-state index contributed by atoms with van der Waals surface area (Å²) in [4.78, 5) is 13.4. The van der Waals surface area contributed by atoms with Gasteiger partial charge in [-0.2, -0.15) is 0 Å². The van der Waals surface area contributed by atoms with Crippen LogP contribution in [0.15, 0.2) is 12.7 Å². The van der Waals surface area contributed by atoms with Crippen LogP contribution in [-0.4, -0.2) is 30.4 Å². The molecule has 0 bridgehead atoms. The number of nitrogens with zero attached hydrogens (tertiary/aromatic N) is 1. The highest BCUT2D eigenvalue weighted by Crippen LogP contribution is 2.03. The molecule has 0 spiro atoms. The van der Waals surface area contributed by atoms with Crippen molar-refractivity contribution in [3.8, 4) is 0 Å². The van der Waals surface area contributed by atoms with Crippen molar-refractivity contribution in [2.45, 2.75) is 51.5 Å². The van der Waals surface area contributed by atoms with Crippen LogP contribution in [0.3, 0.4) is 0 Å². The normalized spacial score (nSPS) is 11.5. The lowest BCUT2D eigenvalue weighted by molar-refractivity contribution is -0.130. The Labute approximate surface area is 112 Å². The van der Waals surface area contributed by atoms with Crippen LogP contribution in [0, 0.1) is 0 Å². The summed E-state index contributed by atoms with van der Waals surface area (Å²) in [6.07, 6.45) is 7.77. The zero-order valence-electron chi connectivity index (χ0n) is 11.2. The number of amides is 1. The van der Waals surface area contributed by atoms with Crippen molar-refractivity contribution in [3.63, 3.8) is 0 Å². The van der Waals surface area contributed by atoms with Crippen LogP contribution in [0.25, 0.3) is 0 Å². The Morgan fingerprint density at radius 1 is 1.41 bits per heavy atom. The van der Waals surface area contributed by atoms with E-state index in [0.717, 1.165) is 32.2 Å². The Kier molecular flexibility index (Phi) is 13.2. The maximum absolute atomic E-state index is 11.6. The zero-order valence-corrected chi connectivity index (χ0v) is 12.0. The average molecular weight is 263 g/mol. The van der Waals surface area contributed by atoms with Crippen LogP contribution in [0.4, 0.5) is 0 Å². The van der Waals surface area contributed by atoms with Gasteiger partial charge in [0.15, 0.2) is 0 Å². The molecule has 0 rings (SSSR count). The fourth-order valence-electron chi connectivity index (χ4n) is 1.48. The van der Waals surface area contributed by atoms with E-state index in [9.17, 15) is 4.79 Å². The quantitative estimate of drug-likeness (QED) is 0.513. The minimum atomic E-state index is 0. The molecule has 4 heteroatoms. The van der Waals surface area contributed by atoms with Crippen LogP contribution >= 0.6 is 12.4 Å². The van der Waals surface area contributed by atoms with Gasteiger partial charge in [0.05, 0.1) is 0 Å². The van der Waals surface area contributed by atoms with E-state index in [1.165, 1.54) is 6.42 Å². The monoisotopic (exact) mass is 262 g/mol. The van der Waals surface area contributed by atoms with Gasteiger partial charge in [-0.1, -0.05) is 12.5 Å². The lowest BCUT2D eigenvalue weighted by Crippen LogP contribution is -2.29. The highest BCUT2D eigenvalue weighted by Gasteiger charge is 2.08. The predicted octanol–water partition coefficient (Wildman–Crippen LogP) is 2.74. The maximum Gasteiger partial charge on any atom is 0.222 e. The van der Waals surface area contributed by atoms with Gasteiger partial charge >= 0.3 is 0 Å². The van der Waals surface area contributed by atoms with Crippen molar-refractivity contribution in [1.82, 2.24) is 4.90 Å². The number of unbranched alkanes of at least 4 members (excludes halogenated alkanes) is 3. The summed E-state index contributed by atoms with van der Waals surface area (Å²) in [5.74, 6) is 0.209. The zero-order chi connectivity index (χ0) is 12.4. The molecular weight excluding hydrogens is 236 g/mol. The number of halogens is 1. The number of carbonyl (C=O) groups is 1. The first-order valence-electron chi connectivity index (χ1n) is 6.18. The summed E-state index contributed by atoms with van der Waals surface area (Å²) in [5, 5.41) is 0. The molecule has 1 amide bonds. The lowest BCUT2D eigenvalue weighted by Gasteiger charge is -2.17. The molecule has 0 aromatic rings. The molecule has 17 heavy (non-hydrogen) atoms. The van der Waals surface area contributed by atoms with E-state index < -0.39 is 0 Å². The van der Waals surface area contributed by atoms with Crippen LogP contribution in [-0.2, 0) is 4.79 Å². The first kappa shape index (κ1) is 18.8. The summed E-state index contributed by atoms with van der Waals surface area (Å²) in [6.45, 7) is 6.48. The Balaban J connectivity index is 0. The third kappa shape index (κ3) is 11.7. The Morgan fingerprint density at radius 2 is 2.06 bits per heavy atom. The number of carbonyl (C=O) groups excluding carboxylic acids is 1. The van der Waals surface area contributed by atoms with Crippen molar-refractivity contribution >= 4 is 18.3 Å². The second kappa shape index (κ2) is 11.9. The predicted molar refractivity (Wildman–Crippen MR) is 76.4 cm³/mol. The van der Waals surface area contributed by atoms with Gasteiger partial charge in [-0.05, 0) is 32.6 Å². The molecule has 0 aliphatic rings. The van der Waals surface area contributed by atoms with Gasteiger partial charge in [0.25, 0.3) is 0 Å². The summed E-state index contributed by atoms with van der Waals surface area (Å²) in [5.41, 5.74) is 5.62. The Bertz CT molecular complexity index is 208. The third-order valence-electron chi connectivity index (χ3n) is 2.64. The van der Waals surface area contributed by atoms with Gasteiger partial charge in [0.1, 0.15) is 0 Å². The van der Waals surface area contributed by atoms with Crippen molar-refractivity contribution in [2.75, 3.05) is 13.6 Å². The SMILES string of the molecule is C=CCCCCCN(C)C(=O)CCC(C)N.Cl. The molecule has 0 aliphatic carbocycles. The molecule has 1 unspecified atom stereocenters. The molecule has 0 saturated heterocycles. The first-order valence-corrected chi connectivity index (χ1v) is 6.18. The van der Waals surface area contributed by atoms with E-state index in [-0.39, 0.29) is 24.4 Å². The minimum Gasteiger partial charge on any atom is -0.346 e. The van der Waals surface area contributed by atoms with Crippen molar-refractivity contribution < 1.29 is 4.79 Å². The van der Waals surface area contributed by atoms with Gasteiger partial charge < -0.3 is 10.6 Å². The Hall–Kier alpha value is -0.540. The molecule has 102 valence electrons. The molecule has 0 aromatic heterocycles. The fraction of sp³-hybridized carbons (Fsp3) is 0.769. The molecule has 2 N–H and O–H groups in total. The summed E-state index contributed by atoms with van der Waals surface area (Å²) >= 11 is 0. The second-order valence-corrected chi connectivity index (χ2v) is 4.47. The molecule has 3 nitrogen and oxygen atoms in total. The largest absolute Gasteiger partial charge is 0.346 e. The highest BCUT2D eigenvalue weighted by atomic mass is 35.5. The number of allylic oxidation sites excluding steroid dienone is 1. The van der Waals surface area contributed by atoms with Crippen LogP contribution in [0.2, 0.25) is 0 Å². The van der Waals surface area contributed by atoms with Gasteiger partial charge in [0.2, 0.25) is 5.91 Å². The van der Waals surface area contributed by atoms with Gasteiger partial charge in [-0.15, -0.1) is 19.0 Å². The van der Waals surface area contributed by atoms with E-state index in [4.69, 9.17) is 5.73 Å². The number of hydrogen-bond donors (Lipinski definition) is 1. The van der Waals surface area contributed by atoms with Gasteiger partial charge in [-0.25, -0.2) is 0 Å². The van der Waals surface area contributed by atoms with Crippen molar-refractivity contribution in [3.05, 3.63) is 12.7 Å². The van der Waals surface area contributed by atoms with E-state index >= 15 is 0 Å². The third-order valence-corrected chi connectivity index (χ3v) is 2.64. The summed E-state index contributed by atoms with van der Waals surface area (Å²) in [6, 6.07) is 0.116. The van der Waals surface area contributed by atoms with Crippen LogP contribution in [0.5, 0.6) is 0 Å². The smallest absolute Gasteiger partial charge is 0.222 e. The van der Waals surface area contributed by atoms with E-state index in [1.54, 1.807) is 0 Å². The molecular formula is C13H27ClN2O. The van der Waals surface area contributed by atoms with Crippen LogP contribution < -0.4 is 5.73 Å². The molecule has 0 saturated carbocycles. The summed E-state index contributed by atoms with van der Waals surface area (Å²) < 4.78 is 0. The van der Waals surface area contributed by atoms with Crippen molar-refractivity contribution in [2.24, 2.45) is 5.73 Å².